The minimum absolute atomic E-state index is 0.198. The molecule has 0 aromatic heterocycles. The zero-order valence-corrected chi connectivity index (χ0v) is 31.3. The largest absolute Gasteiger partial charge is 0.385 e. The zero-order chi connectivity index (χ0) is 38.5. The third kappa shape index (κ3) is 10.4. The minimum Gasteiger partial charge on any atom is -0.385 e. The summed E-state index contributed by atoms with van der Waals surface area (Å²) in [6.45, 7) is 3.29. The van der Waals surface area contributed by atoms with Gasteiger partial charge in [-0.25, -0.2) is 0 Å². The molecule has 3 saturated heterocycles. The van der Waals surface area contributed by atoms with E-state index in [0.29, 0.717) is 13.0 Å². The maximum absolute atomic E-state index is 12.1. The van der Waals surface area contributed by atoms with Crippen LogP contribution >= 0.6 is 0 Å². The molecule has 13 heteroatoms. The molecule has 56 heavy (non-hydrogen) atoms. The monoisotopic (exact) mass is 767 g/mol. The van der Waals surface area contributed by atoms with Gasteiger partial charge >= 0.3 is 0 Å². The second kappa shape index (κ2) is 20.3. The third-order valence-electron chi connectivity index (χ3n) is 10.0. The van der Waals surface area contributed by atoms with E-state index in [-0.39, 0.29) is 33.0 Å². The highest BCUT2D eigenvalue weighted by atomic mass is 16.8. The third-order valence-corrected chi connectivity index (χ3v) is 10.0. The molecule has 0 radical (unpaired) electrons. The maximum Gasteiger partial charge on any atom is 0.187 e. The number of hydrogen-bond donors (Lipinski definition) is 1. The average Bonchev–Trinajstić information content (AvgIpc) is 3.24. The molecule has 4 aromatic carbocycles. The number of aliphatic hydroxyl groups excluding tert-OH is 1. The molecule has 11 atom stereocenters. The van der Waals surface area contributed by atoms with Crippen molar-refractivity contribution in [1.82, 2.24) is 0 Å². The summed E-state index contributed by atoms with van der Waals surface area (Å²) < 4.78 is 58.6. The number of rotatable bonds is 17. The Labute approximate surface area is 326 Å². The molecular weight excluding hydrogens is 718 g/mol. The van der Waals surface area contributed by atoms with Crippen LogP contribution in [0.4, 0.5) is 0 Å². The van der Waals surface area contributed by atoms with Crippen molar-refractivity contribution in [3.05, 3.63) is 154 Å². The second-order valence-corrected chi connectivity index (χ2v) is 14.0. The van der Waals surface area contributed by atoms with Crippen molar-refractivity contribution in [3.8, 4) is 0 Å². The molecule has 4 aromatic rings. The molecule has 296 valence electrons. The first kappa shape index (κ1) is 40.0. The summed E-state index contributed by atoms with van der Waals surface area (Å²) in [5.74, 6) is 0. The Morgan fingerprint density at radius 3 is 1.80 bits per heavy atom. The summed E-state index contributed by atoms with van der Waals surface area (Å²) in [6.07, 6.45) is -8.71. The lowest BCUT2D eigenvalue weighted by Gasteiger charge is -2.51. The SMILES string of the molecule is C[C@@H]1O[C@@H](O[C@H]2[C@H](OCCCN=[N+]=[N-])O[C@@H]3COC(c4ccccc4)O[C@@H]3[C@@H]2OCc2ccccc2)[C@H](O)[C@H](OCc2ccccc2)[C@H]1OCc1ccccc1. The van der Waals surface area contributed by atoms with Gasteiger partial charge < -0.3 is 47.7 Å². The number of benzene rings is 4. The Hall–Kier alpha value is -4.21. The van der Waals surface area contributed by atoms with Crippen molar-refractivity contribution >= 4 is 0 Å². The molecule has 13 nitrogen and oxygen atoms in total. The van der Waals surface area contributed by atoms with Gasteiger partial charge in [-0.1, -0.05) is 126 Å². The lowest BCUT2D eigenvalue weighted by molar-refractivity contribution is -0.398. The van der Waals surface area contributed by atoms with Crippen LogP contribution in [0.15, 0.2) is 126 Å². The Morgan fingerprint density at radius 1 is 0.661 bits per heavy atom. The fourth-order valence-electron chi connectivity index (χ4n) is 7.15. The predicted molar refractivity (Wildman–Crippen MR) is 204 cm³/mol. The van der Waals surface area contributed by atoms with Gasteiger partial charge in [0.1, 0.15) is 42.7 Å². The number of ether oxygens (including phenoxy) is 9. The fourth-order valence-corrected chi connectivity index (χ4v) is 7.15. The van der Waals surface area contributed by atoms with Crippen LogP contribution in [0, 0.1) is 0 Å². The number of nitrogens with zero attached hydrogens (tertiary/aromatic N) is 3. The van der Waals surface area contributed by atoms with E-state index in [9.17, 15) is 5.11 Å². The molecule has 3 aliphatic heterocycles. The molecule has 1 N–H and O–H groups in total. The topological polar surface area (TPSA) is 152 Å². The van der Waals surface area contributed by atoms with Crippen LogP contribution in [0.2, 0.25) is 0 Å². The Balaban J connectivity index is 1.17. The Bertz CT molecular complexity index is 1790. The van der Waals surface area contributed by atoms with Gasteiger partial charge in [-0.15, -0.1) is 0 Å². The highest BCUT2D eigenvalue weighted by Crippen LogP contribution is 2.39. The summed E-state index contributed by atoms with van der Waals surface area (Å²) in [4.78, 5) is 2.85. The summed E-state index contributed by atoms with van der Waals surface area (Å²) in [6, 6.07) is 39.1. The quantitative estimate of drug-likeness (QED) is 0.0526. The lowest BCUT2D eigenvalue weighted by Crippen LogP contribution is -2.66. The number of azide groups is 1. The molecule has 0 aliphatic carbocycles. The van der Waals surface area contributed by atoms with E-state index in [4.69, 9.17) is 48.2 Å². The molecule has 0 saturated carbocycles. The standard InChI is InChI=1S/C43H49N3O10/c1-29-36(49-25-30-15-6-2-7-16-30)38(50-26-31-17-8-3-9-18-31)35(47)42(53-29)56-40-39(51-27-32-19-10-4-11-20-32)37-34(54-43(40)48-24-14-23-45-46-44)28-52-41(55-37)33-21-12-5-13-22-33/h2-13,15-22,29,34-43,47H,14,23-28H2,1H3/t29-,34+,35+,36-,37-,38-,39-,40+,41?,42-,43+/m0/s1. The summed E-state index contributed by atoms with van der Waals surface area (Å²) in [7, 11) is 0. The summed E-state index contributed by atoms with van der Waals surface area (Å²) in [5, 5.41) is 15.8. The summed E-state index contributed by atoms with van der Waals surface area (Å²) in [5.41, 5.74) is 12.5. The van der Waals surface area contributed by atoms with Crippen molar-refractivity contribution in [1.29, 1.82) is 0 Å². The van der Waals surface area contributed by atoms with E-state index in [1.165, 1.54) is 0 Å². The first-order valence-corrected chi connectivity index (χ1v) is 19.1. The first-order chi connectivity index (χ1) is 27.6. The van der Waals surface area contributed by atoms with E-state index >= 15 is 0 Å². The molecule has 3 fully saturated rings. The maximum atomic E-state index is 12.1. The molecule has 7 rings (SSSR count). The first-order valence-electron chi connectivity index (χ1n) is 19.1. The van der Waals surface area contributed by atoms with Crippen LogP contribution in [-0.4, -0.2) is 86.3 Å². The van der Waals surface area contributed by atoms with E-state index in [1.807, 2.05) is 128 Å². The number of fused-ring (bicyclic) bond motifs is 1. The van der Waals surface area contributed by atoms with Crippen LogP contribution in [-0.2, 0) is 62.5 Å². The van der Waals surface area contributed by atoms with E-state index < -0.39 is 67.7 Å². The summed E-state index contributed by atoms with van der Waals surface area (Å²) >= 11 is 0. The van der Waals surface area contributed by atoms with Gasteiger partial charge in [0.05, 0.1) is 32.5 Å². The van der Waals surface area contributed by atoms with Crippen molar-refractivity contribution in [2.75, 3.05) is 19.8 Å². The van der Waals surface area contributed by atoms with Gasteiger partial charge in [-0.05, 0) is 35.6 Å². The van der Waals surface area contributed by atoms with Crippen molar-refractivity contribution in [2.24, 2.45) is 5.11 Å². The van der Waals surface area contributed by atoms with E-state index in [1.54, 1.807) is 0 Å². The van der Waals surface area contributed by atoms with Crippen LogP contribution in [0.1, 0.15) is 41.9 Å². The molecule has 0 bridgehead atoms. The minimum atomic E-state index is -1.29. The zero-order valence-electron chi connectivity index (χ0n) is 31.3. The van der Waals surface area contributed by atoms with E-state index in [0.717, 1.165) is 22.3 Å². The molecule has 0 spiro atoms. The molecular formula is C43H49N3O10. The molecule has 0 amide bonds. The van der Waals surface area contributed by atoms with Gasteiger partial charge in [0.25, 0.3) is 0 Å². The number of hydrogen-bond acceptors (Lipinski definition) is 11. The Morgan fingerprint density at radius 2 is 1.21 bits per heavy atom. The smallest absolute Gasteiger partial charge is 0.187 e. The predicted octanol–water partition coefficient (Wildman–Crippen LogP) is 6.79. The molecule has 1 unspecified atom stereocenters. The fraction of sp³-hybridized carbons (Fsp3) is 0.442. The highest BCUT2D eigenvalue weighted by molar-refractivity contribution is 5.18. The van der Waals surface area contributed by atoms with Crippen molar-refractivity contribution in [2.45, 2.75) is 101 Å². The van der Waals surface area contributed by atoms with Gasteiger partial charge in [0.2, 0.25) is 0 Å². The normalized spacial score (nSPS) is 30.2. The molecule has 3 heterocycles. The van der Waals surface area contributed by atoms with Gasteiger partial charge in [-0.2, -0.15) is 0 Å². The number of aliphatic hydroxyl groups is 1. The van der Waals surface area contributed by atoms with Crippen molar-refractivity contribution in [3.63, 3.8) is 0 Å². The highest BCUT2D eigenvalue weighted by Gasteiger charge is 2.55. The molecule has 3 aliphatic rings. The van der Waals surface area contributed by atoms with Gasteiger partial charge in [-0.3, -0.25) is 0 Å². The van der Waals surface area contributed by atoms with Crippen LogP contribution in [0.5, 0.6) is 0 Å². The van der Waals surface area contributed by atoms with E-state index in [2.05, 4.69) is 10.0 Å². The Kier molecular flexibility index (Phi) is 14.5. The lowest BCUT2D eigenvalue weighted by atomic mass is 9.96. The van der Waals surface area contributed by atoms with Crippen LogP contribution in [0.3, 0.4) is 0 Å². The van der Waals surface area contributed by atoms with Crippen molar-refractivity contribution < 1.29 is 47.7 Å². The second-order valence-electron chi connectivity index (χ2n) is 14.0. The van der Waals surface area contributed by atoms with Crippen LogP contribution < -0.4 is 0 Å². The average molecular weight is 768 g/mol. The van der Waals surface area contributed by atoms with Gasteiger partial charge in [0.15, 0.2) is 18.9 Å². The van der Waals surface area contributed by atoms with Crippen LogP contribution in [0.25, 0.3) is 10.4 Å². The van der Waals surface area contributed by atoms with Gasteiger partial charge in [0, 0.05) is 23.6 Å².